The van der Waals surface area contributed by atoms with Crippen molar-refractivity contribution >= 4 is 17.7 Å². The fourth-order valence-electron chi connectivity index (χ4n) is 2.57. The summed E-state index contributed by atoms with van der Waals surface area (Å²) in [6, 6.07) is 12.4. The molecule has 0 fully saturated rings. The Morgan fingerprint density at radius 3 is 2.46 bits per heavy atom. The smallest absolute Gasteiger partial charge is 0.339 e. The first-order chi connectivity index (χ1) is 12.5. The molecule has 1 amide bonds. The average Bonchev–Trinajstić information content (AvgIpc) is 3.03. The highest BCUT2D eigenvalue weighted by atomic mass is 16.5. The molecule has 26 heavy (non-hydrogen) atoms. The number of nitrogens with one attached hydrogen (secondary N) is 1. The lowest BCUT2D eigenvalue weighted by molar-refractivity contribution is 0.0599. The summed E-state index contributed by atoms with van der Waals surface area (Å²) in [4.78, 5) is 28.6. The second-order valence-electron chi connectivity index (χ2n) is 5.60. The Hall–Kier alpha value is -3.48. The summed E-state index contributed by atoms with van der Waals surface area (Å²) in [5.74, 6) is -0.140. The van der Waals surface area contributed by atoms with Gasteiger partial charge < -0.3 is 14.6 Å². The molecule has 0 saturated carbocycles. The number of carbonyl (C=O) groups is 2. The van der Waals surface area contributed by atoms with Crippen LogP contribution in [-0.4, -0.2) is 29.1 Å². The zero-order valence-electron chi connectivity index (χ0n) is 14.6. The summed E-state index contributed by atoms with van der Waals surface area (Å²) in [5.41, 5.74) is 2.38. The molecule has 2 heterocycles. The number of anilines is 1. The van der Waals surface area contributed by atoms with Crippen LogP contribution < -0.4 is 5.32 Å². The van der Waals surface area contributed by atoms with Crippen LogP contribution in [-0.2, 0) is 4.74 Å². The molecule has 1 aromatic carbocycles. The molecule has 2 aromatic heterocycles. The minimum Gasteiger partial charge on any atom is -0.465 e. The van der Waals surface area contributed by atoms with Crippen LogP contribution in [0.2, 0.25) is 0 Å². The quantitative estimate of drug-likeness (QED) is 0.724. The van der Waals surface area contributed by atoms with Gasteiger partial charge in [-0.2, -0.15) is 0 Å². The monoisotopic (exact) mass is 351 g/mol. The highest BCUT2D eigenvalue weighted by molar-refractivity contribution is 6.08. The minimum atomic E-state index is -0.478. The predicted octanol–water partition coefficient (Wildman–Crippen LogP) is 3.39. The fourth-order valence-corrected chi connectivity index (χ4v) is 2.57. The van der Waals surface area contributed by atoms with Gasteiger partial charge in [-0.05, 0) is 26.0 Å². The summed E-state index contributed by atoms with van der Waals surface area (Å²) in [6.45, 7) is 3.34. The topological polar surface area (TPSA) is 94.3 Å². The Morgan fingerprint density at radius 1 is 1.08 bits per heavy atom. The van der Waals surface area contributed by atoms with E-state index in [0.717, 1.165) is 5.56 Å². The van der Waals surface area contributed by atoms with E-state index in [4.69, 9.17) is 9.26 Å². The number of pyridine rings is 1. The number of aryl methyl sites for hydroxylation is 2. The van der Waals surface area contributed by atoms with Gasteiger partial charge in [-0.25, -0.2) is 9.78 Å². The number of carbonyl (C=O) groups excluding carboxylic acids is 2. The van der Waals surface area contributed by atoms with E-state index in [0.29, 0.717) is 34.1 Å². The summed E-state index contributed by atoms with van der Waals surface area (Å²) >= 11 is 0. The number of hydrogen-bond donors (Lipinski definition) is 1. The molecule has 0 spiro atoms. The zero-order valence-corrected chi connectivity index (χ0v) is 14.6. The Morgan fingerprint density at radius 2 is 1.81 bits per heavy atom. The molecule has 0 bridgehead atoms. The van der Waals surface area contributed by atoms with Crippen LogP contribution in [0.1, 0.15) is 32.2 Å². The Labute approximate surface area is 150 Å². The molecule has 0 saturated heterocycles. The average molecular weight is 351 g/mol. The lowest BCUT2D eigenvalue weighted by atomic mass is 10.1. The van der Waals surface area contributed by atoms with Gasteiger partial charge >= 0.3 is 5.97 Å². The van der Waals surface area contributed by atoms with Crippen LogP contribution in [0, 0.1) is 13.8 Å². The summed E-state index contributed by atoms with van der Waals surface area (Å²) in [5, 5.41) is 6.72. The van der Waals surface area contributed by atoms with Crippen LogP contribution in [0.4, 0.5) is 5.82 Å². The first-order valence-corrected chi connectivity index (χ1v) is 7.90. The molecule has 3 aromatic rings. The molecule has 0 aliphatic rings. The molecule has 1 N–H and O–H groups in total. The van der Waals surface area contributed by atoms with Crippen molar-refractivity contribution in [1.82, 2.24) is 10.1 Å². The molecule has 132 valence electrons. The lowest BCUT2D eigenvalue weighted by Gasteiger charge is -2.08. The van der Waals surface area contributed by atoms with Crippen molar-refractivity contribution in [3.63, 3.8) is 0 Å². The molecule has 7 nitrogen and oxygen atoms in total. The molecule has 3 rings (SSSR count). The van der Waals surface area contributed by atoms with Gasteiger partial charge in [0.05, 0.1) is 18.4 Å². The predicted molar refractivity (Wildman–Crippen MR) is 94.9 cm³/mol. The number of ether oxygens (including phenoxy) is 1. The Kier molecular flexibility index (Phi) is 4.79. The van der Waals surface area contributed by atoms with Gasteiger partial charge in [-0.1, -0.05) is 35.5 Å². The summed E-state index contributed by atoms with van der Waals surface area (Å²) in [6.07, 6.45) is 0. The second kappa shape index (κ2) is 7.18. The first kappa shape index (κ1) is 17.3. The second-order valence-corrected chi connectivity index (χ2v) is 5.60. The van der Waals surface area contributed by atoms with Gasteiger partial charge in [0.15, 0.2) is 0 Å². The number of rotatable bonds is 4. The SMILES string of the molecule is COC(=O)c1ccc(NC(=O)c2c(-c3ccccc3)noc2C)nc1C. The largest absolute Gasteiger partial charge is 0.465 e. The third kappa shape index (κ3) is 3.32. The summed E-state index contributed by atoms with van der Waals surface area (Å²) in [7, 11) is 1.30. The first-order valence-electron chi connectivity index (χ1n) is 7.90. The van der Waals surface area contributed by atoms with Gasteiger partial charge in [0.1, 0.15) is 22.8 Å². The summed E-state index contributed by atoms with van der Waals surface area (Å²) < 4.78 is 9.90. The standard InChI is InChI=1S/C19H17N3O4/c1-11-14(19(24)25-3)9-10-15(20-11)21-18(23)16-12(2)26-22-17(16)13-7-5-4-6-8-13/h4-10H,1-3H3,(H,20,21,23). The molecule has 0 aliphatic carbocycles. The Balaban J connectivity index is 1.89. The van der Waals surface area contributed by atoms with Crippen LogP contribution >= 0.6 is 0 Å². The van der Waals surface area contributed by atoms with Gasteiger partial charge in [-0.3, -0.25) is 4.79 Å². The lowest BCUT2D eigenvalue weighted by Crippen LogP contribution is -2.15. The van der Waals surface area contributed by atoms with Gasteiger partial charge in [-0.15, -0.1) is 0 Å². The highest BCUT2D eigenvalue weighted by Crippen LogP contribution is 2.26. The van der Waals surface area contributed by atoms with Gasteiger partial charge in [0.25, 0.3) is 5.91 Å². The van der Waals surface area contributed by atoms with Crippen molar-refractivity contribution in [2.24, 2.45) is 0 Å². The fraction of sp³-hybridized carbons (Fsp3) is 0.158. The van der Waals surface area contributed by atoms with Crippen molar-refractivity contribution in [2.75, 3.05) is 12.4 Å². The van der Waals surface area contributed by atoms with E-state index in [9.17, 15) is 9.59 Å². The van der Waals surface area contributed by atoms with Gasteiger partial charge in [0.2, 0.25) is 0 Å². The molecular formula is C19H17N3O4. The highest BCUT2D eigenvalue weighted by Gasteiger charge is 2.22. The van der Waals surface area contributed by atoms with Crippen LogP contribution in [0.5, 0.6) is 0 Å². The maximum atomic E-state index is 12.7. The molecule has 0 aliphatic heterocycles. The third-order valence-electron chi connectivity index (χ3n) is 3.87. The van der Waals surface area contributed by atoms with E-state index in [1.165, 1.54) is 7.11 Å². The van der Waals surface area contributed by atoms with Crippen LogP contribution in [0.25, 0.3) is 11.3 Å². The maximum Gasteiger partial charge on any atom is 0.339 e. The van der Waals surface area contributed by atoms with E-state index in [1.807, 2.05) is 30.3 Å². The van der Waals surface area contributed by atoms with E-state index < -0.39 is 5.97 Å². The number of amides is 1. The number of benzene rings is 1. The number of aromatic nitrogens is 2. The molecule has 0 unspecified atom stereocenters. The van der Waals surface area contributed by atoms with E-state index in [2.05, 4.69) is 15.5 Å². The van der Waals surface area contributed by atoms with Gasteiger partial charge in [0, 0.05) is 5.56 Å². The van der Waals surface area contributed by atoms with E-state index in [-0.39, 0.29) is 5.91 Å². The van der Waals surface area contributed by atoms with Crippen molar-refractivity contribution in [2.45, 2.75) is 13.8 Å². The van der Waals surface area contributed by atoms with E-state index in [1.54, 1.807) is 26.0 Å². The normalized spacial score (nSPS) is 10.4. The minimum absolute atomic E-state index is 0.319. The maximum absolute atomic E-state index is 12.7. The van der Waals surface area contributed by atoms with Crippen molar-refractivity contribution in [3.8, 4) is 11.3 Å². The number of hydrogen-bond acceptors (Lipinski definition) is 6. The molecule has 0 radical (unpaired) electrons. The molecular weight excluding hydrogens is 334 g/mol. The van der Waals surface area contributed by atoms with Crippen molar-refractivity contribution in [3.05, 3.63) is 65.0 Å². The zero-order chi connectivity index (χ0) is 18.7. The van der Waals surface area contributed by atoms with Crippen LogP contribution in [0.3, 0.4) is 0 Å². The van der Waals surface area contributed by atoms with Crippen molar-refractivity contribution < 1.29 is 18.8 Å². The van der Waals surface area contributed by atoms with E-state index >= 15 is 0 Å². The van der Waals surface area contributed by atoms with Crippen LogP contribution in [0.15, 0.2) is 47.0 Å². The number of esters is 1. The Bertz CT molecular complexity index is 964. The number of nitrogens with zero attached hydrogens (tertiary/aromatic N) is 2. The van der Waals surface area contributed by atoms with Crippen molar-refractivity contribution in [1.29, 1.82) is 0 Å². The third-order valence-corrected chi connectivity index (χ3v) is 3.87. The number of methoxy groups -OCH3 is 1. The molecule has 0 atom stereocenters. The molecule has 7 heteroatoms.